The lowest BCUT2D eigenvalue weighted by atomic mass is 10.3. The zero-order chi connectivity index (χ0) is 19.5. The summed E-state index contributed by atoms with van der Waals surface area (Å²) in [4.78, 5) is 35.4. The Labute approximate surface area is 143 Å². The molecule has 0 unspecified atom stereocenters. The molecule has 0 spiro atoms. The number of methoxy groups -OCH3 is 1. The Morgan fingerprint density at radius 2 is 1.77 bits per heavy atom. The summed E-state index contributed by atoms with van der Waals surface area (Å²) < 4.78 is 56.1. The molecule has 0 saturated carbocycles. The van der Waals surface area contributed by atoms with Gasteiger partial charge in [0, 0.05) is 24.1 Å². The zero-order valence-corrected chi connectivity index (χ0v) is 13.3. The van der Waals surface area contributed by atoms with Gasteiger partial charge in [-0.1, -0.05) is 0 Å². The Hall–Kier alpha value is -3.11. The first-order valence-electron chi connectivity index (χ1n) is 7.11. The van der Waals surface area contributed by atoms with Gasteiger partial charge in [0.15, 0.2) is 11.6 Å². The molecule has 1 aromatic carbocycles. The van der Waals surface area contributed by atoms with Gasteiger partial charge in [-0.05, 0) is 12.1 Å². The number of nitrogens with zero attached hydrogens (tertiary/aromatic N) is 2. The number of hydrogen-bond acceptors (Lipinski definition) is 4. The Kier molecular flexibility index (Phi) is 5.48. The van der Waals surface area contributed by atoms with Gasteiger partial charge >= 0.3 is 17.3 Å². The van der Waals surface area contributed by atoms with Crippen molar-refractivity contribution >= 4 is 11.6 Å². The average molecular weight is 375 g/mol. The fourth-order valence-corrected chi connectivity index (χ4v) is 2.08. The van der Waals surface area contributed by atoms with Crippen LogP contribution in [0.1, 0.15) is 0 Å². The molecule has 1 heterocycles. The Balaban J connectivity index is 2.14. The molecule has 1 N–H and O–H groups in total. The Morgan fingerprint density at radius 3 is 2.35 bits per heavy atom. The second-order valence-electron chi connectivity index (χ2n) is 5.18. The predicted molar refractivity (Wildman–Crippen MR) is 82.6 cm³/mol. The van der Waals surface area contributed by atoms with Crippen LogP contribution in [0.15, 0.2) is 40.2 Å². The SMILES string of the molecule is COc1ccc(NC(=O)Cn2ccn(CC(F)(F)F)c(=O)c2=O)cc1F. The van der Waals surface area contributed by atoms with Crippen molar-refractivity contribution in [2.45, 2.75) is 19.3 Å². The first kappa shape index (κ1) is 19.2. The maximum absolute atomic E-state index is 13.6. The molecule has 140 valence electrons. The number of ether oxygens (including phenoxy) is 1. The third-order valence-corrected chi connectivity index (χ3v) is 3.23. The van der Waals surface area contributed by atoms with E-state index in [1.54, 1.807) is 0 Å². The number of hydrogen-bond donors (Lipinski definition) is 1. The third-order valence-electron chi connectivity index (χ3n) is 3.23. The van der Waals surface area contributed by atoms with Crippen molar-refractivity contribution in [3.63, 3.8) is 0 Å². The number of aromatic nitrogens is 2. The van der Waals surface area contributed by atoms with Crippen molar-refractivity contribution in [2.75, 3.05) is 12.4 Å². The predicted octanol–water partition coefficient (Wildman–Crippen LogP) is 1.36. The maximum atomic E-state index is 13.6. The molecule has 0 fully saturated rings. The lowest BCUT2D eigenvalue weighted by Crippen LogP contribution is -2.43. The Morgan fingerprint density at radius 1 is 1.15 bits per heavy atom. The average Bonchev–Trinajstić information content (AvgIpc) is 2.53. The van der Waals surface area contributed by atoms with E-state index in [0.717, 1.165) is 18.5 Å². The lowest BCUT2D eigenvalue weighted by Gasteiger charge is -2.11. The monoisotopic (exact) mass is 375 g/mol. The highest BCUT2D eigenvalue weighted by molar-refractivity contribution is 5.90. The summed E-state index contributed by atoms with van der Waals surface area (Å²) in [6.45, 7) is -2.24. The van der Waals surface area contributed by atoms with E-state index in [0.29, 0.717) is 4.57 Å². The van der Waals surface area contributed by atoms with E-state index in [1.807, 2.05) is 0 Å². The summed E-state index contributed by atoms with van der Waals surface area (Å²) in [5.41, 5.74) is -2.62. The van der Waals surface area contributed by atoms with Gasteiger partial charge in [-0.15, -0.1) is 0 Å². The van der Waals surface area contributed by atoms with Crippen molar-refractivity contribution in [1.29, 1.82) is 0 Å². The molecule has 0 aliphatic heterocycles. The van der Waals surface area contributed by atoms with E-state index >= 15 is 0 Å². The number of amides is 1. The van der Waals surface area contributed by atoms with E-state index in [4.69, 9.17) is 4.74 Å². The van der Waals surface area contributed by atoms with Crippen LogP contribution in [0.25, 0.3) is 0 Å². The van der Waals surface area contributed by atoms with Gasteiger partial charge in [-0.25, -0.2) is 4.39 Å². The highest BCUT2D eigenvalue weighted by Gasteiger charge is 2.28. The van der Waals surface area contributed by atoms with Crippen LogP contribution in [0.3, 0.4) is 0 Å². The van der Waals surface area contributed by atoms with Crippen LogP contribution in [0, 0.1) is 5.82 Å². The molecule has 1 aromatic heterocycles. The number of benzene rings is 1. The molecule has 0 aliphatic rings. The van der Waals surface area contributed by atoms with Gasteiger partial charge in [0.2, 0.25) is 5.91 Å². The number of nitrogens with one attached hydrogen (secondary N) is 1. The summed E-state index contributed by atoms with van der Waals surface area (Å²) >= 11 is 0. The topological polar surface area (TPSA) is 82.3 Å². The maximum Gasteiger partial charge on any atom is 0.406 e. The zero-order valence-electron chi connectivity index (χ0n) is 13.3. The van der Waals surface area contributed by atoms with Gasteiger partial charge in [0.1, 0.15) is 13.1 Å². The molecule has 0 bridgehead atoms. The van der Waals surface area contributed by atoms with Crippen molar-refractivity contribution in [2.24, 2.45) is 0 Å². The number of halogens is 4. The fraction of sp³-hybridized carbons (Fsp3) is 0.267. The lowest BCUT2D eigenvalue weighted by molar-refractivity contribution is -0.141. The van der Waals surface area contributed by atoms with Crippen molar-refractivity contribution in [3.8, 4) is 5.75 Å². The number of alkyl halides is 3. The van der Waals surface area contributed by atoms with Gasteiger partial charge in [0.05, 0.1) is 7.11 Å². The third kappa shape index (κ3) is 4.71. The standard InChI is InChI=1S/C15H13F4N3O4/c1-26-11-3-2-9(6-10(11)16)20-12(23)7-21-4-5-22(8-15(17,18)19)14(25)13(21)24/h2-6H,7-8H2,1H3,(H,20,23). The summed E-state index contributed by atoms with van der Waals surface area (Å²) in [7, 11) is 1.27. The molecule has 0 aliphatic carbocycles. The summed E-state index contributed by atoms with van der Waals surface area (Å²) in [6, 6.07) is 3.61. The fourth-order valence-electron chi connectivity index (χ4n) is 2.08. The minimum Gasteiger partial charge on any atom is -0.494 e. The van der Waals surface area contributed by atoms with E-state index < -0.39 is 42.1 Å². The van der Waals surface area contributed by atoms with Crippen LogP contribution < -0.4 is 21.2 Å². The molecule has 7 nitrogen and oxygen atoms in total. The normalized spacial score (nSPS) is 11.3. The number of anilines is 1. The minimum atomic E-state index is -4.67. The van der Waals surface area contributed by atoms with Crippen LogP contribution in [0.5, 0.6) is 5.75 Å². The van der Waals surface area contributed by atoms with E-state index in [2.05, 4.69) is 5.32 Å². The van der Waals surface area contributed by atoms with Crippen molar-refractivity contribution in [1.82, 2.24) is 9.13 Å². The Bertz CT molecular complexity index is 934. The van der Waals surface area contributed by atoms with Crippen molar-refractivity contribution < 1.29 is 27.1 Å². The molecule has 0 saturated heterocycles. The first-order valence-corrected chi connectivity index (χ1v) is 7.11. The number of carbonyl (C=O) groups is 1. The van der Waals surface area contributed by atoms with Gasteiger partial charge in [-0.2, -0.15) is 13.2 Å². The highest BCUT2D eigenvalue weighted by atomic mass is 19.4. The molecule has 2 rings (SSSR count). The summed E-state index contributed by atoms with van der Waals surface area (Å²) in [5.74, 6) is -1.53. The van der Waals surface area contributed by atoms with Gasteiger partial charge in [0.25, 0.3) is 0 Å². The van der Waals surface area contributed by atoms with Gasteiger partial charge < -0.3 is 14.6 Å². The molecule has 26 heavy (non-hydrogen) atoms. The molecule has 0 radical (unpaired) electrons. The molecule has 2 aromatic rings. The van der Waals surface area contributed by atoms with Gasteiger partial charge in [-0.3, -0.25) is 19.0 Å². The second kappa shape index (κ2) is 7.42. The van der Waals surface area contributed by atoms with E-state index in [9.17, 15) is 31.9 Å². The molecular formula is C15H13F4N3O4. The summed E-state index contributed by atoms with van der Waals surface area (Å²) in [6.07, 6.45) is -3.01. The van der Waals surface area contributed by atoms with Crippen LogP contribution in [0.2, 0.25) is 0 Å². The van der Waals surface area contributed by atoms with Crippen LogP contribution in [0.4, 0.5) is 23.2 Å². The minimum absolute atomic E-state index is 0.0347. The largest absolute Gasteiger partial charge is 0.494 e. The van der Waals surface area contributed by atoms with Crippen LogP contribution >= 0.6 is 0 Å². The van der Waals surface area contributed by atoms with Crippen LogP contribution in [-0.4, -0.2) is 28.3 Å². The van der Waals surface area contributed by atoms with Crippen LogP contribution in [-0.2, 0) is 17.9 Å². The summed E-state index contributed by atoms with van der Waals surface area (Å²) in [5, 5.41) is 2.30. The second-order valence-corrected chi connectivity index (χ2v) is 5.18. The smallest absolute Gasteiger partial charge is 0.406 e. The quantitative estimate of drug-likeness (QED) is 0.632. The van der Waals surface area contributed by atoms with E-state index in [1.165, 1.54) is 19.2 Å². The van der Waals surface area contributed by atoms with E-state index in [-0.39, 0.29) is 16.0 Å². The molecule has 1 amide bonds. The molecule has 11 heteroatoms. The molecule has 0 atom stereocenters. The number of rotatable bonds is 5. The van der Waals surface area contributed by atoms with Crippen molar-refractivity contribution in [3.05, 3.63) is 57.1 Å². The number of carbonyl (C=O) groups excluding carboxylic acids is 1. The molecular weight excluding hydrogens is 362 g/mol. The first-order chi connectivity index (χ1) is 12.1. The highest BCUT2D eigenvalue weighted by Crippen LogP contribution is 2.20.